The minimum Gasteiger partial charge on any atom is -0.388 e. The molecule has 1 amide bonds. The van der Waals surface area contributed by atoms with Gasteiger partial charge in [0.1, 0.15) is 11.6 Å². The monoisotopic (exact) mass is 368 g/mol. The molecule has 1 aromatic rings. The van der Waals surface area contributed by atoms with E-state index in [0.717, 1.165) is 0 Å². The molecule has 0 bridgehead atoms. The fraction of sp³-hybridized carbons (Fsp3) is 0.571. The third-order valence-electron chi connectivity index (χ3n) is 4.03. The summed E-state index contributed by atoms with van der Waals surface area (Å²) in [5.74, 6) is -0.651. The van der Waals surface area contributed by atoms with Crippen molar-refractivity contribution in [2.24, 2.45) is 0 Å². The highest BCUT2D eigenvalue weighted by atomic mass is 35.5. The molecule has 1 fully saturated rings. The number of carbonyl (C=O) groups is 1. The highest BCUT2D eigenvalue weighted by Gasteiger charge is 2.38. The molecule has 0 aliphatic carbocycles. The van der Waals surface area contributed by atoms with Crippen LogP contribution in [0.15, 0.2) is 17.1 Å². The SMILES string of the molecule is C[C@]1(O)CCN(C(=O)Cn2cc(C(F)(F)F)cc(Cl)c2=O)C[C@@H]1O. The van der Waals surface area contributed by atoms with E-state index in [1.807, 2.05) is 0 Å². The molecule has 2 N–H and O–H groups in total. The molecule has 0 aromatic carbocycles. The Kier molecular flexibility index (Phi) is 4.98. The predicted octanol–water partition coefficient (Wildman–Crippen LogP) is 0.865. The lowest BCUT2D eigenvalue weighted by Gasteiger charge is -2.40. The molecule has 1 aliphatic rings. The summed E-state index contributed by atoms with van der Waals surface area (Å²) < 4.78 is 38.9. The number of nitrogens with zero attached hydrogens (tertiary/aromatic N) is 2. The first-order valence-corrected chi connectivity index (χ1v) is 7.45. The smallest absolute Gasteiger partial charge is 0.388 e. The van der Waals surface area contributed by atoms with Crippen LogP contribution in [0.1, 0.15) is 18.9 Å². The normalized spacial score (nSPS) is 25.0. The Hall–Kier alpha value is -1.58. The molecular formula is C14H16ClF3N2O4. The van der Waals surface area contributed by atoms with Gasteiger partial charge in [-0.1, -0.05) is 11.6 Å². The second kappa shape index (κ2) is 6.38. The lowest BCUT2D eigenvalue weighted by atomic mass is 9.91. The number of hydrogen-bond acceptors (Lipinski definition) is 4. The van der Waals surface area contributed by atoms with E-state index >= 15 is 0 Å². The van der Waals surface area contributed by atoms with Crippen LogP contribution in [0.2, 0.25) is 5.02 Å². The summed E-state index contributed by atoms with van der Waals surface area (Å²) in [5, 5.41) is 19.0. The first-order chi connectivity index (χ1) is 10.9. The van der Waals surface area contributed by atoms with Gasteiger partial charge >= 0.3 is 6.18 Å². The van der Waals surface area contributed by atoms with E-state index in [4.69, 9.17) is 11.6 Å². The Labute approximate surface area is 140 Å². The molecule has 2 heterocycles. The van der Waals surface area contributed by atoms with Crippen LogP contribution >= 0.6 is 11.6 Å². The standard InChI is InChI=1S/C14H16ClF3N2O4/c1-13(24)2-3-19(6-10(13)21)11(22)7-20-5-8(14(16,17)18)4-9(15)12(20)23/h4-5,10,21,24H,2-3,6-7H2,1H3/t10-,13-/m0/s1. The lowest BCUT2D eigenvalue weighted by Crippen LogP contribution is -2.55. The van der Waals surface area contributed by atoms with Crippen LogP contribution in [0.25, 0.3) is 0 Å². The lowest BCUT2D eigenvalue weighted by molar-refractivity contribution is -0.147. The summed E-state index contributed by atoms with van der Waals surface area (Å²) in [4.78, 5) is 25.2. The number of aromatic nitrogens is 1. The van der Waals surface area contributed by atoms with E-state index in [1.54, 1.807) is 0 Å². The Morgan fingerprint density at radius 3 is 2.67 bits per heavy atom. The quantitative estimate of drug-likeness (QED) is 0.811. The second-order valence-electron chi connectivity index (χ2n) is 5.97. The first-order valence-electron chi connectivity index (χ1n) is 7.07. The zero-order valence-electron chi connectivity index (χ0n) is 12.7. The van der Waals surface area contributed by atoms with Crippen molar-refractivity contribution in [2.45, 2.75) is 37.8 Å². The fourth-order valence-electron chi connectivity index (χ4n) is 2.37. The topological polar surface area (TPSA) is 82.8 Å². The molecule has 6 nitrogen and oxygen atoms in total. The van der Waals surface area contributed by atoms with Gasteiger partial charge in [0.2, 0.25) is 5.91 Å². The van der Waals surface area contributed by atoms with Gasteiger partial charge in [-0.25, -0.2) is 0 Å². The van der Waals surface area contributed by atoms with Gasteiger partial charge in [0, 0.05) is 19.3 Å². The summed E-state index contributed by atoms with van der Waals surface area (Å²) in [6.45, 7) is 0.728. The van der Waals surface area contributed by atoms with Crippen molar-refractivity contribution in [3.63, 3.8) is 0 Å². The number of rotatable bonds is 2. The number of hydrogen-bond donors (Lipinski definition) is 2. The van der Waals surface area contributed by atoms with E-state index in [9.17, 15) is 33.0 Å². The van der Waals surface area contributed by atoms with E-state index in [-0.39, 0.29) is 19.5 Å². The second-order valence-corrected chi connectivity index (χ2v) is 6.38. The van der Waals surface area contributed by atoms with Crippen LogP contribution in [0.4, 0.5) is 13.2 Å². The molecule has 2 atom stereocenters. The van der Waals surface area contributed by atoms with Crippen LogP contribution in [-0.4, -0.2) is 50.4 Å². The van der Waals surface area contributed by atoms with Gasteiger partial charge in [-0.15, -0.1) is 0 Å². The number of β-amino-alcohol motifs (C(OH)–C–C–N with tert-alkyl or cyclic N) is 1. The molecule has 0 radical (unpaired) electrons. The third-order valence-corrected chi connectivity index (χ3v) is 4.30. The maximum absolute atomic E-state index is 12.8. The molecule has 0 spiro atoms. The number of amides is 1. The van der Waals surface area contributed by atoms with Crippen LogP contribution in [0.5, 0.6) is 0 Å². The van der Waals surface area contributed by atoms with E-state index in [0.29, 0.717) is 16.8 Å². The summed E-state index contributed by atoms with van der Waals surface area (Å²) in [5.41, 5.74) is -3.39. The number of piperidine rings is 1. The summed E-state index contributed by atoms with van der Waals surface area (Å²) in [6, 6.07) is 0.507. The minimum atomic E-state index is -4.71. The number of halogens is 4. The molecule has 134 valence electrons. The molecular weight excluding hydrogens is 353 g/mol. The van der Waals surface area contributed by atoms with E-state index in [2.05, 4.69) is 0 Å². The molecule has 1 aliphatic heterocycles. The van der Waals surface area contributed by atoms with Crippen LogP contribution in [0, 0.1) is 0 Å². The van der Waals surface area contributed by atoms with E-state index < -0.39 is 46.5 Å². The van der Waals surface area contributed by atoms with Crippen molar-refractivity contribution < 1.29 is 28.2 Å². The predicted molar refractivity (Wildman–Crippen MR) is 78.5 cm³/mol. The molecule has 2 rings (SSSR count). The molecule has 1 aromatic heterocycles. The fourth-order valence-corrected chi connectivity index (χ4v) is 2.59. The number of carbonyl (C=O) groups excluding carboxylic acids is 1. The van der Waals surface area contributed by atoms with Gasteiger partial charge in [-0.05, 0) is 19.4 Å². The third kappa shape index (κ3) is 3.90. The average Bonchev–Trinajstić information content (AvgIpc) is 2.45. The molecule has 0 saturated carbocycles. The van der Waals surface area contributed by atoms with Gasteiger partial charge in [0.05, 0.1) is 17.3 Å². The summed E-state index contributed by atoms with van der Waals surface area (Å²) in [7, 11) is 0. The minimum absolute atomic E-state index is 0.109. The first kappa shape index (κ1) is 18.8. The Morgan fingerprint density at radius 2 is 2.12 bits per heavy atom. The number of aliphatic hydroxyl groups is 2. The molecule has 24 heavy (non-hydrogen) atoms. The molecule has 0 unspecified atom stereocenters. The highest BCUT2D eigenvalue weighted by Crippen LogP contribution is 2.29. The molecule has 1 saturated heterocycles. The van der Waals surface area contributed by atoms with Gasteiger partial charge in [-0.3, -0.25) is 9.59 Å². The number of pyridine rings is 1. The van der Waals surface area contributed by atoms with Crippen molar-refractivity contribution in [2.75, 3.05) is 13.1 Å². The zero-order valence-corrected chi connectivity index (χ0v) is 13.4. The summed E-state index contributed by atoms with van der Waals surface area (Å²) in [6.07, 6.45) is -5.25. The maximum atomic E-state index is 12.8. The number of aliphatic hydroxyl groups excluding tert-OH is 1. The van der Waals surface area contributed by atoms with Crippen molar-refractivity contribution in [3.8, 4) is 0 Å². The van der Waals surface area contributed by atoms with Crippen LogP contribution in [0.3, 0.4) is 0 Å². The van der Waals surface area contributed by atoms with Gasteiger partial charge in [-0.2, -0.15) is 13.2 Å². The number of likely N-dealkylation sites (tertiary alicyclic amines) is 1. The van der Waals surface area contributed by atoms with Crippen molar-refractivity contribution in [1.82, 2.24) is 9.47 Å². The Balaban J connectivity index is 2.21. The van der Waals surface area contributed by atoms with E-state index in [1.165, 1.54) is 11.8 Å². The zero-order chi connectivity index (χ0) is 18.3. The van der Waals surface area contributed by atoms with Crippen LogP contribution in [-0.2, 0) is 17.5 Å². The highest BCUT2D eigenvalue weighted by molar-refractivity contribution is 6.30. The summed E-state index contributed by atoms with van der Waals surface area (Å²) >= 11 is 5.52. The Bertz CT molecular complexity index is 702. The van der Waals surface area contributed by atoms with Gasteiger partial charge < -0.3 is 19.7 Å². The van der Waals surface area contributed by atoms with Crippen molar-refractivity contribution in [1.29, 1.82) is 0 Å². The van der Waals surface area contributed by atoms with Gasteiger partial charge in [0.15, 0.2) is 0 Å². The van der Waals surface area contributed by atoms with Crippen molar-refractivity contribution >= 4 is 17.5 Å². The molecule has 10 heteroatoms. The number of alkyl halides is 3. The van der Waals surface area contributed by atoms with Crippen LogP contribution < -0.4 is 5.56 Å². The van der Waals surface area contributed by atoms with Gasteiger partial charge in [0.25, 0.3) is 5.56 Å². The largest absolute Gasteiger partial charge is 0.417 e. The maximum Gasteiger partial charge on any atom is 0.417 e. The van der Waals surface area contributed by atoms with Crippen molar-refractivity contribution in [3.05, 3.63) is 33.2 Å². The Morgan fingerprint density at radius 1 is 1.50 bits per heavy atom. The average molecular weight is 369 g/mol.